The topological polar surface area (TPSA) is 65.8 Å². The lowest BCUT2D eigenvalue weighted by atomic mass is 9.98. The predicted molar refractivity (Wildman–Crippen MR) is 163 cm³/mol. The number of amides is 1. The molecule has 3 rings (SSSR count). The number of nitriles is 1. The van der Waals surface area contributed by atoms with Gasteiger partial charge < -0.3 is 14.2 Å². The van der Waals surface area contributed by atoms with E-state index in [0.29, 0.717) is 51.0 Å². The van der Waals surface area contributed by atoms with Crippen molar-refractivity contribution in [1.82, 2.24) is 9.57 Å². The molecule has 0 radical (unpaired) electrons. The molecule has 9 heteroatoms. The van der Waals surface area contributed by atoms with E-state index >= 15 is 0 Å². The number of carbonyl (C=O) groups is 1. The molecule has 1 atom stereocenters. The molecule has 0 fully saturated rings. The average Bonchev–Trinajstić information content (AvgIpc) is 3.22. The van der Waals surface area contributed by atoms with E-state index in [2.05, 4.69) is 74.8 Å². The lowest BCUT2D eigenvalue weighted by Crippen LogP contribution is -2.38. The second kappa shape index (κ2) is 15.7. The fourth-order valence-corrected chi connectivity index (χ4v) is 8.26. The summed E-state index contributed by atoms with van der Waals surface area (Å²) >= 11 is 0. The fraction of sp³-hybridized carbons (Fsp3) is 0.517. The van der Waals surface area contributed by atoms with Crippen molar-refractivity contribution >= 4 is 36.0 Å². The molecule has 1 unspecified atom stereocenters. The summed E-state index contributed by atoms with van der Waals surface area (Å²) < 4.78 is 14.7. The number of fused-ring (bicyclic) bond motifs is 3. The fourth-order valence-electron chi connectivity index (χ4n) is 4.97. The van der Waals surface area contributed by atoms with E-state index in [-0.39, 0.29) is 12.0 Å². The van der Waals surface area contributed by atoms with Crippen molar-refractivity contribution < 1.29 is 14.1 Å². The summed E-state index contributed by atoms with van der Waals surface area (Å²) in [5.41, 5.74) is 4.85. The zero-order chi connectivity index (χ0) is 27.5. The number of carbonyl (C=O) groups excluding carboxylic acids is 1. The highest BCUT2D eigenvalue weighted by Crippen LogP contribution is 2.46. The Hall–Kier alpha value is -1.75. The maximum Gasteiger partial charge on any atom is 0.409 e. The standard InChI is InChI=1S/C29H40N3O3PS2/c1-22(2)32(23(3)4)36(19-10-15-30)35-18-16-31(17-20-38-37-5)29(33)34-21-28-26-13-8-6-11-24(26)25-12-7-9-14-27(25)28/h6-9,11-14,22-23,28H,10,16-21H2,1-5H3. The molecular weight excluding hydrogens is 533 g/mol. The van der Waals surface area contributed by atoms with Gasteiger partial charge >= 0.3 is 6.09 Å². The van der Waals surface area contributed by atoms with E-state index in [1.165, 1.54) is 22.3 Å². The summed E-state index contributed by atoms with van der Waals surface area (Å²) in [5, 5.41) is 9.17. The molecule has 206 valence electrons. The quantitative estimate of drug-likeness (QED) is 0.123. The Labute approximate surface area is 237 Å². The zero-order valence-electron chi connectivity index (χ0n) is 23.1. The second-order valence-corrected chi connectivity index (χ2v) is 14.2. The molecule has 0 N–H and O–H groups in total. The zero-order valence-corrected chi connectivity index (χ0v) is 25.7. The lowest BCUT2D eigenvalue weighted by Gasteiger charge is -2.37. The van der Waals surface area contributed by atoms with Gasteiger partial charge in [-0.3, -0.25) is 4.67 Å². The van der Waals surface area contributed by atoms with Gasteiger partial charge in [-0.05, 0) is 56.2 Å². The van der Waals surface area contributed by atoms with Crippen molar-refractivity contribution in [2.75, 3.05) is 44.5 Å². The summed E-state index contributed by atoms with van der Waals surface area (Å²) in [6, 6.07) is 19.6. The van der Waals surface area contributed by atoms with Crippen molar-refractivity contribution in [1.29, 1.82) is 5.26 Å². The van der Waals surface area contributed by atoms with Gasteiger partial charge in [0.25, 0.3) is 0 Å². The predicted octanol–water partition coefficient (Wildman–Crippen LogP) is 7.61. The first kappa shape index (κ1) is 30.8. The van der Waals surface area contributed by atoms with Crippen LogP contribution in [0, 0.1) is 11.3 Å². The Morgan fingerprint density at radius 3 is 2.18 bits per heavy atom. The van der Waals surface area contributed by atoms with Gasteiger partial charge in [0.15, 0.2) is 0 Å². The van der Waals surface area contributed by atoms with E-state index in [1.54, 1.807) is 26.5 Å². The van der Waals surface area contributed by atoms with Crippen molar-refractivity contribution in [2.24, 2.45) is 0 Å². The van der Waals surface area contributed by atoms with Crippen LogP contribution in [-0.4, -0.2) is 72.2 Å². The van der Waals surface area contributed by atoms with Crippen molar-refractivity contribution in [3.05, 3.63) is 59.7 Å². The second-order valence-electron chi connectivity index (χ2n) is 9.66. The third-order valence-corrected chi connectivity index (χ3v) is 10.8. The molecule has 0 saturated carbocycles. The van der Waals surface area contributed by atoms with E-state index in [0.717, 1.165) is 5.75 Å². The molecule has 0 spiro atoms. The Bertz CT molecular complexity index is 1030. The SMILES string of the molecule is CSSCCN(CCOP(CCC#N)N(C(C)C)C(C)C)C(=O)OCC1c2ccccc2-c2ccccc21. The maximum absolute atomic E-state index is 13.3. The summed E-state index contributed by atoms with van der Waals surface area (Å²) in [7, 11) is 2.50. The van der Waals surface area contributed by atoms with E-state index < -0.39 is 8.30 Å². The molecule has 1 aliphatic rings. The highest BCUT2D eigenvalue weighted by atomic mass is 33.1. The minimum atomic E-state index is -0.925. The first-order chi connectivity index (χ1) is 18.4. The average molecular weight is 574 g/mol. The van der Waals surface area contributed by atoms with Crippen LogP contribution in [0.3, 0.4) is 0 Å². The van der Waals surface area contributed by atoms with Gasteiger partial charge in [-0.1, -0.05) is 70.1 Å². The van der Waals surface area contributed by atoms with Crippen molar-refractivity contribution in [3.8, 4) is 17.2 Å². The van der Waals surface area contributed by atoms with Crippen LogP contribution in [0.25, 0.3) is 11.1 Å². The Balaban J connectivity index is 1.65. The van der Waals surface area contributed by atoms with Gasteiger partial charge in [0, 0.05) is 49.4 Å². The van der Waals surface area contributed by atoms with Gasteiger partial charge in [-0.15, -0.1) is 0 Å². The van der Waals surface area contributed by atoms with Crippen LogP contribution in [-0.2, 0) is 9.26 Å². The molecule has 0 heterocycles. The summed E-state index contributed by atoms with van der Waals surface area (Å²) in [4.78, 5) is 15.1. The van der Waals surface area contributed by atoms with Crippen LogP contribution < -0.4 is 0 Å². The summed E-state index contributed by atoms with van der Waals surface area (Å²) in [5.74, 6) is 0.855. The van der Waals surface area contributed by atoms with Crippen molar-refractivity contribution in [3.63, 3.8) is 0 Å². The highest BCUT2D eigenvalue weighted by Gasteiger charge is 2.30. The molecule has 38 heavy (non-hydrogen) atoms. The van der Waals surface area contributed by atoms with Gasteiger partial charge in [-0.25, -0.2) is 4.79 Å². The van der Waals surface area contributed by atoms with Crippen LogP contribution in [0.2, 0.25) is 0 Å². The van der Waals surface area contributed by atoms with Gasteiger partial charge in [-0.2, -0.15) is 5.26 Å². The number of rotatable bonds is 15. The smallest absolute Gasteiger partial charge is 0.409 e. The molecule has 2 aromatic carbocycles. The minimum absolute atomic E-state index is 0.0366. The van der Waals surface area contributed by atoms with Crippen LogP contribution in [0.15, 0.2) is 48.5 Å². The molecule has 0 saturated heterocycles. The Morgan fingerprint density at radius 1 is 1.03 bits per heavy atom. The maximum atomic E-state index is 13.3. The van der Waals surface area contributed by atoms with Gasteiger partial charge in [0.1, 0.15) is 14.9 Å². The first-order valence-corrected chi connectivity index (χ1v) is 17.3. The summed E-state index contributed by atoms with van der Waals surface area (Å²) in [6.45, 7) is 10.4. The Kier molecular flexibility index (Phi) is 12.8. The van der Waals surface area contributed by atoms with E-state index in [4.69, 9.17) is 14.5 Å². The number of hydrogen-bond donors (Lipinski definition) is 0. The number of nitrogens with zero attached hydrogens (tertiary/aromatic N) is 3. The highest BCUT2D eigenvalue weighted by molar-refractivity contribution is 8.76. The lowest BCUT2D eigenvalue weighted by molar-refractivity contribution is 0.0959. The first-order valence-electron chi connectivity index (χ1n) is 13.2. The third-order valence-electron chi connectivity index (χ3n) is 6.49. The largest absolute Gasteiger partial charge is 0.448 e. The van der Waals surface area contributed by atoms with E-state index in [1.807, 2.05) is 18.4 Å². The minimum Gasteiger partial charge on any atom is -0.448 e. The van der Waals surface area contributed by atoms with Crippen molar-refractivity contribution in [2.45, 2.75) is 52.1 Å². The number of hydrogen-bond acceptors (Lipinski definition) is 7. The van der Waals surface area contributed by atoms with Crippen LogP contribution in [0.5, 0.6) is 0 Å². The molecular formula is C29H40N3O3PS2. The molecule has 0 aliphatic heterocycles. The molecule has 0 bridgehead atoms. The number of benzene rings is 2. The molecule has 1 aliphatic carbocycles. The van der Waals surface area contributed by atoms with Gasteiger partial charge in [0.05, 0.1) is 12.7 Å². The molecule has 0 aromatic heterocycles. The van der Waals surface area contributed by atoms with Crippen LogP contribution >= 0.6 is 29.9 Å². The molecule has 2 aromatic rings. The van der Waals surface area contributed by atoms with E-state index in [9.17, 15) is 4.79 Å². The van der Waals surface area contributed by atoms with Crippen LogP contribution in [0.1, 0.15) is 51.2 Å². The van der Waals surface area contributed by atoms with Gasteiger partial charge in [0.2, 0.25) is 0 Å². The monoisotopic (exact) mass is 573 g/mol. The third kappa shape index (κ3) is 8.13. The summed E-state index contributed by atoms with van der Waals surface area (Å²) in [6.07, 6.45) is 2.90. The normalized spacial score (nSPS) is 13.4. The van der Waals surface area contributed by atoms with Crippen LogP contribution in [0.4, 0.5) is 4.79 Å². The molecule has 6 nitrogen and oxygen atoms in total. The molecule has 1 amide bonds. The Morgan fingerprint density at radius 2 is 1.63 bits per heavy atom. The number of ether oxygens (including phenoxy) is 1.